The summed E-state index contributed by atoms with van der Waals surface area (Å²) in [6.45, 7) is 3.02. The fourth-order valence-electron chi connectivity index (χ4n) is 3.12. The summed E-state index contributed by atoms with van der Waals surface area (Å²) in [5, 5.41) is 0. The number of carbonyl (C=O) groups is 1. The Kier molecular flexibility index (Phi) is 13.6. The summed E-state index contributed by atoms with van der Waals surface area (Å²) in [5.74, 6) is 0.623. The molecule has 1 rings (SSSR count). The molecule has 1 aromatic carbocycles. The molecular weight excluding hydrogens is 324 g/mol. The van der Waals surface area contributed by atoms with Crippen LogP contribution in [0.15, 0.2) is 24.3 Å². The van der Waals surface area contributed by atoms with E-state index in [9.17, 15) is 4.79 Å². The van der Waals surface area contributed by atoms with Crippen LogP contribution in [0.3, 0.4) is 0 Å². The third kappa shape index (κ3) is 11.9. The van der Waals surface area contributed by atoms with Crippen molar-refractivity contribution in [1.29, 1.82) is 0 Å². The van der Waals surface area contributed by atoms with Crippen LogP contribution in [-0.2, 0) is 16.0 Å². The molecular formula is C23H38O3. The van der Waals surface area contributed by atoms with Crippen LogP contribution in [-0.4, -0.2) is 19.7 Å². The van der Waals surface area contributed by atoms with Gasteiger partial charge in [-0.05, 0) is 24.1 Å². The molecule has 0 radical (unpaired) electrons. The number of unbranched alkanes of at least 4 members (excludes halogenated alkanes) is 11. The number of hydrogen-bond donors (Lipinski definition) is 0. The van der Waals surface area contributed by atoms with Gasteiger partial charge < -0.3 is 9.47 Å². The van der Waals surface area contributed by atoms with E-state index in [1.807, 2.05) is 24.3 Å². The first-order chi connectivity index (χ1) is 12.8. The van der Waals surface area contributed by atoms with Gasteiger partial charge in [0.2, 0.25) is 0 Å². The molecule has 0 aromatic heterocycles. The third-order valence-corrected chi connectivity index (χ3v) is 4.74. The molecule has 0 bridgehead atoms. The zero-order valence-electron chi connectivity index (χ0n) is 16.9. The molecule has 0 amide bonds. The minimum atomic E-state index is -0.219. The molecule has 0 spiro atoms. The van der Waals surface area contributed by atoms with Crippen LogP contribution >= 0.6 is 0 Å². The Morgan fingerprint density at radius 2 is 1.42 bits per heavy atom. The number of hydrogen-bond acceptors (Lipinski definition) is 3. The van der Waals surface area contributed by atoms with Crippen molar-refractivity contribution in [3.63, 3.8) is 0 Å². The Morgan fingerprint density at radius 3 is 2.00 bits per heavy atom. The first-order valence-corrected chi connectivity index (χ1v) is 10.5. The topological polar surface area (TPSA) is 35.5 Å². The summed E-state index contributed by atoms with van der Waals surface area (Å²) in [7, 11) is 1.41. The highest BCUT2D eigenvalue weighted by Crippen LogP contribution is 2.16. The second-order valence-corrected chi connectivity index (χ2v) is 7.14. The van der Waals surface area contributed by atoms with Crippen LogP contribution in [0.2, 0.25) is 0 Å². The largest absolute Gasteiger partial charge is 0.494 e. The van der Waals surface area contributed by atoms with Crippen molar-refractivity contribution in [3.05, 3.63) is 29.8 Å². The van der Waals surface area contributed by atoms with Gasteiger partial charge in [-0.3, -0.25) is 4.79 Å². The van der Waals surface area contributed by atoms with Gasteiger partial charge in [0.05, 0.1) is 20.1 Å². The maximum Gasteiger partial charge on any atom is 0.309 e. The lowest BCUT2D eigenvalue weighted by atomic mass is 10.1. The van der Waals surface area contributed by atoms with E-state index in [4.69, 9.17) is 9.47 Å². The molecule has 0 aliphatic heterocycles. The zero-order chi connectivity index (χ0) is 18.9. The Hall–Kier alpha value is -1.51. The summed E-state index contributed by atoms with van der Waals surface area (Å²) in [5.41, 5.74) is 0.934. The molecule has 0 saturated carbocycles. The van der Waals surface area contributed by atoms with Crippen molar-refractivity contribution >= 4 is 5.97 Å². The normalized spacial score (nSPS) is 10.7. The van der Waals surface area contributed by atoms with E-state index in [1.54, 1.807) is 0 Å². The Bertz CT molecular complexity index is 470. The monoisotopic (exact) mass is 362 g/mol. The number of ether oxygens (including phenoxy) is 2. The number of methoxy groups -OCH3 is 1. The van der Waals surface area contributed by atoms with E-state index in [0.717, 1.165) is 24.3 Å². The molecule has 0 fully saturated rings. The van der Waals surface area contributed by atoms with Gasteiger partial charge in [-0.2, -0.15) is 0 Å². The molecule has 0 aliphatic carbocycles. The maximum atomic E-state index is 11.3. The van der Waals surface area contributed by atoms with E-state index >= 15 is 0 Å². The van der Waals surface area contributed by atoms with E-state index in [2.05, 4.69) is 6.92 Å². The van der Waals surface area contributed by atoms with Crippen molar-refractivity contribution in [3.8, 4) is 5.75 Å². The molecule has 0 unspecified atom stereocenters. The molecule has 3 nitrogen and oxygen atoms in total. The minimum Gasteiger partial charge on any atom is -0.494 e. The van der Waals surface area contributed by atoms with Crippen LogP contribution in [0, 0.1) is 0 Å². The number of esters is 1. The van der Waals surface area contributed by atoms with Gasteiger partial charge in [-0.25, -0.2) is 0 Å². The van der Waals surface area contributed by atoms with Gasteiger partial charge in [0, 0.05) is 0 Å². The van der Waals surface area contributed by atoms with Crippen LogP contribution < -0.4 is 4.74 Å². The lowest BCUT2D eigenvalue weighted by Gasteiger charge is -2.08. The predicted octanol–water partition coefficient (Wildman–Crippen LogP) is 6.48. The van der Waals surface area contributed by atoms with Crippen molar-refractivity contribution < 1.29 is 14.3 Å². The van der Waals surface area contributed by atoms with Gasteiger partial charge in [-0.1, -0.05) is 89.7 Å². The van der Waals surface area contributed by atoms with Crippen molar-refractivity contribution in [2.45, 2.75) is 90.4 Å². The molecule has 0 N–H and O–H groups in total. The fraction of sp³-hybridized carbons (Fsp3) is 0.696. The standard InChI is InChI=1S/C23H38O3/c1-3-4-5-6-7-8-9-10-11-12-13-14-18-26-22-17-15-16-21(19-22)20-23(24)25-2/h15-17,19H,3-14,18,20H2,1-2H3. The predicted molar refractivity (Wildman–Crippen MR) is 109 cm³/mol. The van der Waals surface area contributed by atoms with Gasteiger partial charge in [-0.15, -0.1) is 0 Å². The molecule has 148 valence electrons. The van der Waals surface area contributed by atoms with Gasteiger partial charge in [0.15, 0.2) is 0 Å². The fourth-order valence-corrected chi connectivity index (χ4v) is 3.12. The lowest BCUT2D eigenvalue weighted by Crippen LogP contribution is -2.04. The van der Waals surface area contributed by atoms with Crippen LogP contribution in [0.1, 0.15) is 89.5 Å². The van der Waals surface area contributed by atoms with Gasteiger partial charge in [0.1, 0.15) is 5.75 Å². The van der Waals surface area contributed by atoms with E-state index in [1.165, 1.54) is 77.7 Å². The van der Waals surface area contributed by atoms with Crippen LogP contribution in [0.4, 0.5) is 0 Å². The second kappa shape index (κ2) is 15.7. The lowest BCUT2D eigenvalue weighted by molar-refractivity contribution is -0.139. The first-order valence-electron chi connectivity index (χ1n) is 10.5. The quantitative estimate of drug-likeness (QED) is 0.249. The smallest absolute Gasteiger partial charge is 0.309 e. The van der Waals surface area contributed by atoms with Crippen molar-refractivity contribution in [1.82, 2.24) is 0 Å². The van der Waals surface area contributed by atoms with E-state index in [-0.39, 0.29) is 5.97 Å². The minimum absolute atomic E-state index is 0.219. The Morgan fingerprint density at radius 1 is 0.846 bits per heavy atom. The summed E-state index contributed by atoms with van der Waals surface area (Å²) < 4.78 is 10.5. The molecule has 3 heteroatoms. The Labute approximate surface area is 160 Å². The average Bonchev–Trinajstić information content (AvgIpc) is 2.65. The first kappa shape index (κ1) is 22.5. The summed E-state index contributed by atoms with van der Waals surface area (Å²) in [6.07, 6.45) is 16.5. The molecule has 0 atom stereocenters. The van der Waals surface area contributed by atoms with E-state index in [0.29, 0.717) is 6.42 Å². The highest BCUT2D eigenvalue weighted by Gasteiger charge is 2.04. The zero-order valence-corrected chi connectivity index (χ0v) is 16.9. The molecule has 26 heavy (non-hydrogen) atoms. The van der Waals surface area contributed by atoms with Crippen LogP contribution in [0.5, 0.6) is 5.75 Å². The highest BCUT2D eigenvalue weighted by molar-refractivity contribution is 5.72. The maximum absolute atomic E-state index is 11.3. The number of benzene rings is 1. The van der Waals surface area contributed by atoms with Gasteiger partial charge >= 0.3 is 5.97 Å². The summed E-state index contributed by atoms with van der Waals surface area (Å²) in [4.78, 5) is 11.3. The molecule has 0 heterocycles. The molecule has 1 aromatic rings. The number of carbonyl (C=O) groups excluding carboxylic acids is 1. The summed E-state index contributed by atoms with van der Waals surface area (Å²) in [6, 6.07) is 7.72. The third-order valence-electron chi connectivity index (χ3n) is 4.74. The molecule has 0 aliphatic rings. The Balaban J connectivity index is 1.96. The van der Waals surface area contributed by atoms with Crippen molar-refractivity contribution in [2.24, 2.45) is 0 Å². The van der Waals surface area contributed by atoms with Crippen LogP contribution in [0.25, 0.3) is 0 Å². The van der Waals surface area contributed by atoms with Crippen molar-refractivity contribution in [2.75, 3.05) is 13.7 Å². The summed E-state index contributed by atoms with van der Waals surface area (Å²) >= 11 is 0. The van der Waals surface area contributed by atoms with E-state index < -0.39 is 0 Å². The highest BCUT2D eigenvalue weighted by atomic mass is 16.5. The number of rotatable bonds is 16. The average molecular weight is 363 g/mol. The SMILES string of the molecule is CCCCCCCCCCCCCCOc1cccc(CC(=O)OC)c1. The molecule has 0 saturated heterocycles. The van der Waals surface area contributed by atoms with Gasteiger partial charge in [0.25, 0.3) is 0 Å². The second-order valence-electron chi connectivity index (χ2n) is 7.14.